The molecule has 1 saturated carbocycles. The van der Waals surface area contributed by atoms with Crippen molar-refractivity contribution in [2.24, 2.45) is 17.3 Å². The number of carboxylic acid groups (broad SMARTS) is 1. The van der Waals surface area contributed by atoms with Crippen LogP contribution in [0.25, 0.3) is 0 Å². The van der Waals surface area contributed by atoms with Crippen molar-refractivity contribution in [3.63, 3.8) is 0 Å². The van der Waals surface area contributed by atoms with Crippen molar-refractivity contribution in [1.29, 1.82) is 0 Å². The Kier molecular flexibility index (Phi) is 9.22. The molecule has 0 aliphatic heterocycles. The number of halogens is 3. The number of nitrogens with one attached hydrogen (secondary N) is 2. The fraction of sp³-hybridized carbons (Fsp3) is 0.483. The van der Waals surface area contributed by atoms with Gasteiger partial charge in [0.1, 0.15) is 0 Å². The van der Waals surface area contributed by atoms with Crippen molar-refractivity contribution in [3.8, 4) is 0 Å². The number of rotatable bonds is 8. The van der Waals surface area contributed by atoms with Gasteiger partial charge < -0.3 is 15.7 Å². The van der Waals surface area contributed by atoms with Gasteiger partial charge in [0, 0.05) is 17.7 Å². The van der Waals surface area contributed by atoms with Crippen LogP contribution in [0, 0.1) is 17.3 Å². The van der Waals surface area contributed by atoms with Gasteiger partial charge in [0.2, 0.25) is 0 Å². The summed E-state index contributed by atoms with van der Waals surface area (Å²) >= 11 is 0. The van der Waals surface area contributed by atoms with Crippen molar-refractivity contribution in [2.75, 3.05) is 6.54 Å². The fourth-order valence-corrected chi connectivity index (χ4v) is 5.08. The van der Waals surface area contributed by atoms with Gasteiger partial charge in [-0.1, -0.05) is 39.0 Å². The summed E-state index contributed by atoms with van der Waals surface area (Å²) in [5.74, 6) is -1.39. The monoisotopic (exact) mass is 532 g/mol. The van der Waals surface area contributed by atoms with E-state index in [0.717, 1.165) is 43.4 Å². The Balaban J connectivity index is 1.82. The molecular formula is C29H35F3N2O4. The summed E-state index contributed by atoms with van der Waals surface area (Å²) in [6.07, 6.45) is -1.07. The topological polar surface area (TPSA) is 95.5 Å². The van der Waals surface area contributed by atoms with Crippen LogP contribution >= 0.6 is 0 Å². The zero-order valence-corrected chi connectivity index (χ0v) is 21.9. The van der Waals surface area contributed by atoms with Crippen LogP contribution in [0.5, 0.6) is 0 Å². The van der Waals surface area contributed by atoms with E-state index in [9.17, 15) is 27.6 Å². The van der Waals surface area contributed by atoms with Gasteiger partial charge in [0.05, 0.1) is 18.0 Å². The average Bonchev–Trinajstić information content (AvgIpc) is 2.86. The maximum absolute atomic E-state index is 13.2. The van der Waals surface area contributed by atoms with Gasteiger partial charge in [-0.2, -0.15) is 13.2 Å². The van der Waals surface area contributed by atoms with E-state index in [1.807, 2.05) is 0 Å². The highest BCUT2D eigenvalue weighted by Gasteiger charge is 2.35. The number of hydrogen-bond donors (Lipinski definition) is 3. The molecular weight excluding hydrogens is 497 g/mol. The second-order valence-electron chi connectivity index (χ2n) is 11.0. The largest absolute Gasteiger partial charge is 0.481 e. The molecule has 0 aromatic heterocycles. The Morgan fingerprint density at radius 1 is 0.921 bits per heavy atom. The summed E-state index contributed by atoms with van der Waals surface area (Å²) in [5, 5.41) is 14.3. The van der Waals surface area contributed by atoms with E-state index in [1.165, 1.54) is 12.1 Å². The molecule has 3 rings (SSSR count). The van der Waals surface area contributed by atoms with Crippen molar-refractivity contribution < 1.29 is 32.7 Å². The fourth-order valence-electron chi connectivity index (χ4n) is 5.08. The Bertz CT molecular complexity index is 1130. The highest BCUT2D eigenvalue weighted by molar-refractivity contribution is 5.95. The lowest BCUT2D eigenvalue weighted by atomic mass is 9.68. The lowest BCUT2D eigenvalue weighted by Crippen LogP contribution is -2.36. The van der Waals surface area contributed by atoms with Crippen molar-refractivity contribution >= 4 is 17.8 Å². The van der Waals surface area contributed by atoms with Gasteiger partial charge in [0.15, 0.2) is 0 Å². The maximum atomic E-state index is 13.2. The van der Waals surface area contributed by atoms with E-state index in [4.69, 9.17) is 5.11 Å². The molecule has 0 spiro atoms. The molecule has 2 aromatic rings. The smallest absolute Gasteiger partial charge is 0.416 e. The molecule has 1 fully saturated rings. The van der Waals surface area contributed by atoms with Gasteiger partial charge in [-0.15, -0.1) is 0 Å². The molecule has 2 amide bonds. The number of carbonyl (C=O) groups is 3. The normalized spacial score (nSPS) is 18.9. The standard InChI is InChI=1S/C29H35F3N2O4/c1-28(2,3)22-13-11-19(12-14-22)25(34-27(38)21-5-4-6-23(17-21)29(30,31)32)18-7-9-20(10-8-18)26(37)33-16-15-24(35)36/h4-10,17,19,22,25H,11-16H2,1-3H3,(H,33,37)(H,34,38)(H,35,36). The summed E-state index contributed by atoms with van der Waals surface area (Å²) < 4.78 is 39.6. The predicted octanol–water partition coefficient (Wildman–Crippen LogP) is 6.23. The number of hydrogen-bond acceptors (Lipinski definition) is 3. The maximum Gasteiger partial charge on any atom is 0.416 e. The molecule has 0 bridgehead atoms. The van der Waals surface area contributed by atoms with E-state index in [1.54, 1.807) is 24.3 Å². The first-order chi connectivity index (χ1) is 17.8. The van der Waals surface area contributed by atoms with Crippen LogP contribution in [0.3, 0.4) is 0 Å². The lowest BCUT2D eigenvalue weighted by Gasteiger charge is -2.40. The zero-order chi connectivity index (χ0) is 28.1. The Hall–Kier alpha value is -3.36. The first kappa shape index (κ1) is 29.2. The number of alkyl halides is 3. The third-order valence-electron chi connectivity index (χ3n) is 7.36. The van der Waals surface area contributed by atoms with Gasteiger partial charge in [-0.05, 0) is 78.8 Å². The molecule has 1 aliphatic rings. The quantitative estimate of drug-likeness (QED) is 0.375. The van der Waals surface area contributed by atoms with E-state index in [-0.39, 0.29) is 29.9 Å². The third-order valence-corrected chi connectivity index (χ3v) is 7.36. The van der Waals surface area contributed by atoms with Gasteiger partial charge in [-0.3, -0.25) is 14.4 Å². The highest BCUT2D eigenvalue weighted by atomic mass is 19.4. The summed E-state index contributed by atoms with van der Waals surface area (Å²) in [7, 11) is 0. The molecule has 206 valence electrons. The minimum atomic E-state index is -4.55. The van der Waals surface area contributed by atoms with Crippen molar-refractivity contribution in [3.05, 3.63) is 70.8 Å². The van der Waals surface area contributed by atoms with Gasteiger partial charge in [0.25, 0.3) is 11.8 Å². The number of benzene rings is 2. The second-order valence-corrected chi connectivity index (χ2v) is 11.0. The number of amides is 2. The van der Waals surface area contributed by atoms with Crippen LogP contribution in [-0.2, 0) is 11.0 Å². The molecule has 0 saturated heterocycles. The summed E-state index contributed by atoms with van der Waals surface area (Å²) in [6.45, 7) is 6.64. The average molecular weight is 533 g/mol. The van der Waals surface area contributed by atoms with Gasteiger partial charge in [-0.25, -0.2) is 0 Å². The molecule has 6 nitrogen and oxygen atoms in total. The van der Waals surface area contributed by atoms with Crippen LogP contribution in [0.15, 0.2) is 48.5 Å². The van der Waals surface area contributed by atoms with Crippen molar-refractivity contribution in [2.45, 2.75) is 65.1 Å². The minimum absolute atomic E-state index is 0.00259. The Labute approximate surface area is 221 Å². The van der Waals surface area contributed by atoms with Gasteiger partial charge >= 0.3 is 12.1 Å². The highest BCUT2D eigenvalue weighted by Crippen LogP contribution is 2.43. The summed E-state index contributed by atoms with van der Waals surface area (Å²) in [4.78, 5) is 36.2. The SMILES string of the molecule is CC(C)(C)C1CCC(C(NC(=O)c2cccc(C(F)(F)F)c2)c2ccc(C(=O)NCCC(=O)O)cc2)CC1. The summed E-state index contributed by atoms with van der Waals surface area (Å²) in [6, 6.07) is 10.6. The van der Waals surface area contributed by atoms with Crippen LogP contribution in [0.1, 0.15) is 90.8 Å². The first-order valence-corrected chi connectivity index (χ1v) is 12.8. The molecule has 2 aromatic carbocycles. The minimum Gasteiger partial charge on any atom is -0.481 e. The lowest BCUT2D eigenvalue weighted by molar-refractivity contribution is -0.138. The third kappa shape index (κ3) is 7.82. The molecule has 1 atom stereocenters. The van der Waals surface area contributed by atoms with Crippen LogP contribution in [0.2, 0.25) is 0 Å². The molecule has 38 heavy (non-hydrogen) atoms. The predicted molar refractivity (Wildman–Crippen MR) is 138 cm³/mol. The van der Waals surface area contributed by atoms with E-state index in [2.05, 4.69) is 31.4 Å². The zero-order valence-electron chi connectivity index (χ0n) is 21.9. The molecule has 9 heteroatoms. The Morgan fingerprint density at radius 2 is 1.55 bits per heavy atom. The van der Waals surface area contributed by atoms with E-state index in [0.29, 0.717) is 11.5 Å². The molecule has 1 unspecified atom stereocenters. The van der Waals surface area contributed by atoms with Crippen LogP contribution in [-0.4, -0.2) is 29.4 Å². The molecule has 0 radical (unpaired) electrons. The first-order valence-electron chi connectivity index (χ1n) is 12.8. The second kappa shape index (κ2) is 12.0. The number of aliphatic carboxylic acids is 1. The van der Waals surface area contributed by atoms with Crippen LogP contribution < -0.4 is 10.6 Å². The van der Waals surface area contributed by atoms with Crippen molar-refractivity contribution in [1.82, 2.24) is 10.6 Å². The molecule has 3 N–H and O–H groups in total. The summed E-state index contributed by atoms with van der Waals surface area (Å²) in [5.41, 5.74) is 0.315. The number of carboxylic acids is 1. The molecule has 1 aliphatic carbocycles. The molecule has 0 heterocycles. The number of carbonyl (C=O) groups excluding carboxylic acids is 2. The van der Waals surface area contributed by atoms with Crippen LogP contribution in [0.4, 0.5) is 13.2 Å². The Morgan fingerprint density at radius 3 is 2.11 bits per heavy atom. The van der Waals surface area contributed by atoms with E-state index >= 15 is 0 Å². The van der Waals surface area contributed by atoms with E-state index < -0.39 is 35.6 Å².